The number of ether oxygens (including phenoxy) is 9. The molecule has 39 heteroatoms. The van der Waals surface area contributed by atoms with E-state index in [1.54, 1.807) is 68.4 Å². The second kappa shape index (κ2) is 39.2. The molecule has 0 spiro atoms. The Hall–Kier alpha value is -8.96. The Morgan fingerprint density at radius 2 is 0.788 bits per heavy atom. The fourth-order valence-corrected chi connectivity index (χ4v) is 22.1. The van der Waals surface area contributed by atoms with Crippen molar-refractivity contribution in [2.45, 2.75) is 288 Å². The van der Waals surface area contributed by atoms with Crippen LogP contribution in [0.5, 0.6) is 34.9 Å². The number of rotatable bonds is 7. The Labute approximate surface area is 827 Å². The number of hydrogen-bond acceptors (Lipinski definition) is 24. The van der Waals surface area contributed by atoms with Gasteiger partial charge in [0.25, 0.3) is 17.8 Å². The van der Waals surface area contributed by atoms with Crippen LogP contribution in [0.25, 0.3) is 33.1 Å². The number of methoxy groups -OCH3 is 3. The molecule has 3 radical (unpaired) electrons. The minimum atomic E-state index is -3.00. The maximum Gasteiger partial charge on any atom is 0.408 e. The summed E-state index contributed by atoms with van der Waals surface area (Å²) in [6.45, 7) is 23.5. The second-order valence-electron chi connectivity index (χ2n) is 42.7. The molecule has 6 amide bonds. The van der Waals surface area contributed by atoms with Gasteiger partial charge in [-0.3, -0.25) is 14.4 Å². The van der Waals surface area contributed by atoms with Crippen molar-refractivity contribution in [1.29, 1.82) is 0 Å². The van der Waals surface area contributed by atoms with Crippen LogP contribution in [0.3, 0.4) is 0 Å². The van der Waals surface area contributed by atoms with Crippen molar-refractivity contribution < 1.29 is 168 Å². The molecular formula is C98H119F6N12O18V3-3. The molecule has 6 aromatic rings. The van der Waals surface area contributed by atoms with Crippen LogP contribution < -0.4 is 44.4 Å². The predicted octanol–water partition coefficient (Wildman–Crippen LogP) is 14.6. The molecule has 3 aromatic carbocycles. The Morgan fingerprint density at radius 1 is 0.431 bits per heavy atom. The fourth-order valence-electron chi connectivity index (χ4n) is 22.1. The van der Waals surface area contributed by atoms with E-state index in [4.69, 9.17) is 52.6 Å². The molecule has 739 valence electrons. The summed E-state index contributed by atoms with van der Waals surface area (Å²) in [5, 5.41) is 8.30. The first-order valence-corrected chi connectivity index (χ1v) is 47.0. The molecule has 7 saturated carbocycles. The Balaban J connectivity index is 0.000000163. The van der Waals surface area contributed by atoms with Gasteiger partial charge in [0, 0.05) is 97.5 Å². The van der Waals surface area contributed by atoms with Crippen molar-refractivity contribution in [3.05, 3.63) is 71.7 Å². The zero-order valence-corrected chi connectivity index (χ0v) is 83.8. The summed E-state index contributed by atoms with van der Waals surface area (Å²) in [6.07, 6.45) is 8.86. The summed E-state index contributed by atoms with van der Waals surface area (Å²) in [4.78, 5) is 150. The van der Waals surface area contributed by atoms with Crippen LogP contribution in [-0.4, -0.2) is 231 Å². The summed E-state index contributed by atoms with van der Waals surface area (Å²) >= 11 is 0. The number of alkyl carbamates (subject to hydrolysis) is 3. The molecule has 13 aliphatic rings. The van der Waals surface area contributed by atoms with Crippen molar-refractivity contribution in [3.8, 4) is 34.9 Å². The van der Waals surface area contributed by atoms with Gasteiger partial charge in [-0.2, -0.15) is 0 Å². The number of carbonyl (C=O) groups is 6. The smallest absolute Gasteiger partial charge is 0.408 e. The molecule has 3 aromatic heterocycles. The third-order valence-corrected chi connectivity index (χ3v) is 30.7. The van der Waals surface area contributed by atoms with Crippen LogP contribution in [0.1, 0.15) is 215 Å². The Kier molecular flexibility index (Phi) is 29.7. The summed E-state index contributed by atoms with van der Waals surface area (Å²) in [5.41, 5.74) is -0.0937. The van der Waals surface area contributed by atoms with E-state index in [9.17, 15) is 43.2 Å². The molecule has 9 heterocycles. The van der Waals surface area contributed by atoms with Crippen LogP contribution in [0, 0.1) is 81.3 Å². The minimum absolute atomic E-state index is 0. The van der Waals surface area contributed by atoms with Gasteiger partial charge in [-0.25, -0.2) is 89.5 Å². The van der Waals surface area contributed by atoms with Crippen LogP contribution in [-0.2, 0) is 98.6 Å². The van der Waals surface area contributed by atoms with Crippen LogP contribution in [0.15, 0.2) is 54.6 Å². The van der Waals surface area contributed by atoms with E-state index in [0.29, 0.717) is 126 Å². The molecule has 6 aliphatic heterocycles. The average Bonchev–Trinajstić information content (AvgIpc) is 1.56. The van der Waals surface area contributed by atoms with Gasteiger partial charge < -0.3 is 87.7 Å². The van der Waals surface area contributed by atoms with E-state index >= 15 is 26.3 Å². The Morgan fingerprint density at radius 3 is 1.18 bits per heavy atom. The largest absolute Gasteiger partial charge is 0.540 e. The molecule has 10 fully saturated rings. The predicted molar refractivity (Wildman–Crippen MR) is 473 cm³/mol. The number of amides is 6. The summed E-state index contributed by atoms with van der Waals surface area (Å²) < 4.78 is 145. The van der Waals surface area contributed by atoms with Gasteiger partial charge in [0.1, 0.15) is 88.6 Å². The first-order chi connectivity index (χ1) is 63.3. The quantitative estimate of drug-likeness (QED) is 0.0759. The fraction of sp³-hybridized carbons (Fsp3) is 0.663. The molecule has 137 heavy (non-hydrogen) atoms. The summed E-state index contributed by atoms with van der Waals surface area (Å²) in [7, 11) is 4.55. The number of fused-ring (bicyclic) bond motifs is 23. The third-order valence-electron chi connectivity index (χ3n) is 30.7. The van der Waals surface area contributed by atoms with Crippen LogP contribution >= 0.6 is 0 Å². The van der Waals surface area contributed by atoms with Crippen molar-refractivity contribution in [2.75, 3.05) is 41.0 Å². The number of nitrogens with zero attached hydrogens (tertiary/aromatic N) is 9. The van der Waals surface area contributed by atoms with Gasteiger partial charge in [-0.1, -0.05) is 127 Å². The SMILES string of the molecule is CC[C@@H]1[C@@H]2CN(C(=O)[C@H](C(C)(C)C)NC(=O)O[C@@H]3CC4CC4[C@H]3CCCC3C(c4nc5ccc(OC)cc5nc4O2)C3(F)F)[C@@H]1[C-]=O.COc1ccc2nc3c(nc2c1)O[C@H]1CN(C(=O)[C@H](C(C)(C)C)NC(=O)O[C@@H]2C[C@H]2CCCC2C3C2(F)F)[C@H]([C-]=O)[C@@H]1C.COc1ccc2nc3c(nc2c1)O[C@H]1CN(C(=O)[C@H](C(C)(C)C)NC(=O)O[C@]2(C)C[C@H]2CCCC2C3C2(F)F)[C@H]([C-]=O)[C@@H]1C.[V].[V].[V]. The number of alkyl halides is 6. The van der Waals surface area contributed by atoms with E-state index in [1.165, 1.54) is 36.0 Å². The monoisotopic (exact) mass is 2020 g/mol. The van der Waals surface area contributed by atoms with E-state index in [-0.39, 0.29) is 153 Å². The zero-order chi connectivity index (χ0) is 96.0. The molecule has 3 N–H and O–H groups in total. The first kappa shape index (κ1) is 104. The van der Waals surface area contributed by atoms with E-state index in [1.807, 2.05) is 95.0 Å². The molecule has 30 nitrogen and oxygen atoms in total. The van der Waals surface area contributed by atoms with Gasteiger partial charge >= 0.3 is 18.3 Å². The van der Waals surface area contributed by atoms with Crippen molar-refractivity contribution in [1.82, 2.24) is 60.6 Å². The van der Waals surface area contributed by atoms with Crippen molar-refractivity contribution >= 4 is 88.0 Å². The van der Waals surface area contributed by atoms with Crippen LogP contribution in [0.2, 0.25) is 0 Å². The number of benzene rings is 3. The molecular weight excluding hydrogens is 1900 g/mol. The molecule has 19 rings (SSSR count). The van der Waals surface area contributed by atoms with E-state index in [2.05, 4.69) is 35.9 Å². The van der Waals surface area contributed by atoms with Crippen LogP contribution in [0.4, 0.5) is 40.7 Å². The molecule has 6 bridgehead atoms. The Bertz CT molecular complexity index is 5600. The van der Waals surface area contributed by atoms with Gasteiger partial charge in [-0.15, -0.1) is 0 Å². The summed E-state index contributed by atoms with van der Waals surface area (Å²) in [5.74, 6) is -15.7. The number of hydrogen-bond donors (Lipinski definition) is 3. The topological polar surface area (TPSA) is 360 Å². The maximum absolute atomic E-state index is 15.7. The van der Waals surface area contributed by atoms with Gasteiger partial charge in [-0.05, 0) is 165 Å². The number of aromatic nitrogens is 6. The third kappa shape index (κ3) is 20.4. The van der Waals surface area contributed by atoms with Crippen molar-refractivity contribution in [2.24, 2.45) is 81.3 Å². The van der Waals surface area contributed by atoms with Gasteiger partial charge in [0.15, 0.2) is 0 Å². The van der Waals surface area contributed by atoms with E-state index < -0.39 is 183 Å². The number of carbonyl (C=O) groups excluding carboxylic acids is 9. The van der Waals surface area contributed by atoms with E-state index in [0.717, 1.165) is 12.8 Å². The molecule has 8 unspecified atom stereocenters. The zero-order valence-electron chi connectivity index (χ0n) is 79.6. The standard InChI is InChI=1S/C35H43F2N4O6.C32H39F2N4O6.C31H37F2N4O6.3V/c1-6-19-25(16-42)41-15-27(19)46-31-29(38-23-11-10-18(45-5)14-24(23)39-31)28-22(35(28,36)37)9-7-8-20-21-12-17(21)13-26(20)47-33(44)40-30(32(41)43)34(2,3)4;1-16-22(15-39)38-14-23(16)43-27-25(35-20-11-10-18(42-6)12-21(20)36-27)24-19(32(24,33)34)9-7-8-17-13-31(17,5)44-29(41)37-26(28(38)40)30(2,3)4;1-15-21(14-38)37-13-23(15)42-27-25(34-19-10-9-17(41-5)12-20(19)35-27)24-18(31(24,32)33)8-6-7-16-11-22(16)43-29(40)36-26(28(37)39)30(2,3)4;;;/h10-11,14,17,19-22,25-28,30H,6-9,12-13,15H2,1-5H3,(H,40,44);10-12,16-17,19,22-24,26H,7-9,13-14H2,1-6H3,(H,37,41);9-10,12,15-16,18,21-24,26H,6-8,11,13H2,1-5H3,(H,36,40);;;/q3*-1;;;/t17?,19-,20+,21?,22?,25+,26+,27-,28?,30+;16-,17+,19?,22+,23-,24?,26+,31+;15-,16+,18?,21+,22+,23-,24?,26+;;;/m000.../s1. The number of halogens is 6. The maximum atomic E-state index is 15.7. The van der Waals surface area contributed by atoms with Gasteiger partial charge in [0.2, 0.25) is 35.4 Å². The molecule has 3 saturated heterocycles. The van der Waals surface area contributed by atoms with Gasteiger partial charge in [0.05, 0.1) is 91.8 Å². The average molecular weight is 2020 g/mol. The number of nitrogens with one attached hydrogen (secondary N) is 3. The molecule has 7 aliphatic carbocycles. The van der Waals surface area contributed by atoms with Crippen molar-refractivity contribution in [3.63, 3.8) is 0 Å². The second-order valence-corrected chi connectivity index (χ2v) is 42.7. The molecule has 26 atom stereocenters. The minimum Gasteiger partial charge on any atom is -0.540 e. The first-order valence-electron chi connectivity index (χ1n) is 47.0. The normalized spacial score (nSPS) is 34.4. The summed E-state index contributed by atoms with van der Waals surface area (Å²) in [6, 6.07) is 9.17.